The lowest BCUT2D eigenvalue weighted by atomic mass is 10.1. The third-order valence-corrected chi connectivity index (χ3v) is 2.23. The Labute approximate surface area is 77.6 Å². The van der Waals surface area contributed by atoms with Gasteiger partial charge in [-0.05, 0) is 30.0 Å². The topological polar surface area (TPSA) is 64.9 Å². The monoisotopic (exact) mass is 185 g/mol. The molecule has 0 aromatic carbocycles. The van der Waals surface area contributed by atoms with Crippen LogP contribution in [0.3, 0.4) is 0 Å². The summed E-state index contributed by atoms with van der Waals surface area (Å²) in [5.74, 6) is 0.649. The van der Waals surface area contributed by atoms with E-state index in [1.807, 2.05) is 6.07 Å². The van der Waals surface area contributed by atoms with Gasteiger partial charge < -0.3 is 11.5 Å². The van der Waals surface area contributed by atoms with Crippen LogP contribution in [0.4, 0.5) is 5.82 Å². The summed E-state index contributed by atoms with van der Waals surface area (Å²) in [6.45, 7) is 0. The van der Waals surface area contributed by atoms with Crippen molar-refractivity contribution in [1.82, 2.24) is 4.98 Å². The van der Waals surface area contributed by atoms with E-state index in [-0.39, 0.29) is 18.4 Å². The number of aromatic nitrogens is 1. The molecule has 66 valence electrons. The van der Waals surface area contributed by atoms with Crippen LogP contribution in [0.5, 0.6) is 0 Å². The largest absolute Gasteiger partial charge is 0.383 e. The molecule has 1 atom stereocenters. The molecule has 0 radical (unpaired) electrons. The Kier molecular flexibility index (Phi) is 2.55. The van der Waals surface area contributed by atoms with Crippen LogP contribution in [0.25, 0.3) is 0 Å². The van der Waals surface area contributed by atoms with Crippen LogP contribution in [-0.2, 0) is 6.42 Å². The Morgan fingerprint density at radius 1 is 1.50 bits per heavy atom. The fourth-order valence-electron chi connectivity index (χ4n) is 1.60. The van der Waals surface area contributed by atoms with Gasteiger partial charge in [0, 0.05) is 12.2 Å². The molecule has 0 spiro atoms. The second-order valence-electron chi connectivity index (χ2n) is 2.91. The lowest BCUT2D eigenvalue weighted by Gasteiger charge is -2.04. The number of hydrogen-bond acceptors (Lipinski definition) is 3. The number of hydrogen-bond donors (Lipinski definition) is 2. The molecule has 0 bridgehead atoms. The fourth-order valence-corrected chi connectivity index (χ4v) is 1.60. The predicted molar refractivity (Wildman–Crippen MR) is 51.1 cm³/mol. The normalized spacial score (nSPS) is 19.9. The average Bonchev–Trinajstić information content (AvgIpc) is 2.35. The summed E-state index contributed by atoms with van der Waals surface area (Å²) in [6, 6.07) is 2.14. The van der Waals surface area contributed by atoms with Gasteiger partial charge in [-0.1, -0.05) is 0 Å². The highest BCUT2D eigenvalue weighted by Crippen LogP contribution is 2.31. The van der Waals surface area contributed by atoms with E-state index in [1.165, 1.54) is 5.56 Å². The minimum Gasteiger partial charge on any atom is -0.383 e. The van der Waals surface area contributed by atoms with E-state index in [1.54, 1.807) is 6.20 Å². The zero-order chi connectivity index (χ0) is 7.84. The molecule has 4 N–H and O–H groups in total. The smallest absolute Gasteiger partial charge is 0.126 e. The van der Waals surface area contributed by atoms with Crippen molar-refractivity contribution in [3.05, 3.63) is 23.4 Å². The van der Waals surface area contributed by atoms with Gasteiger partial charge >= 0.3 is 0 Å². The zero-order valence-electron chi connectivity index (χ0n) is 6.66. The molecule has 1 aliphatic rings. The van der Waals surface area contributed by atoms with Crippen molar-refractivity contribution in [2.24, 2.45) is 5.73 Å². The molecular formula is C8H12ClN3. The third-order valence-electron chi connectivity index (χ3n) is 2.23. The van der Waals surface area contributed by atoms with Crippen molar-refractivity contribution >= 4 is 18.2 Å². The summed E-state index contributed by atoms with van der Waals surface area (Å²) in [4.78, 5) is 4.01. The van der Waals surface area contributed by atoms with Crippen LogP contribution in [0.2, 0.25) is 0 Å². The van der Waals surface area contributed by atoms with Gasteiger partial charge in [-0.25, -0.2) is 4.98 Å². The Balaban J connectivity index is 0.000000720. The fraction of sp³-hybridized carbons (Fsp3) is 0.375. The highest BCUT2D eigenvalue weighted by Gasteiger charge is 2.20. The van der Waals surface area contributed by atoms with Gasteiger partial charge in [-0.3, -0.25) is 0 Å². The van der Waals surface area contributed by atoms with Gasteiger partial charge in [0.05, 0.1) is 0 Å². The van der Waals surface area contributed by atoms with Crippen molar-refractivity contribution in [2.45, 2.75) is 18.9 Å². The third kappa shape index (κ3) is 1.26. The first kappa shape index (κ1) is 9.29. The van der Waals surface area contributed by atoms with Gasteiger partial charge in [0.25, 0.3) is 0 Å². The molecule has 1 aliphatic carbocycles. The van der Waals surface area contributed by atoms with E-state index in [4.69, 9.17) is 11.5 Å². The molecule has 2 rings (SSSR count). The highest BCUT2D eigenvalue weighted by atomic mass is 35.5. The molecule has 0 fully saturated rings. The lowest BCUT2D eigenvalue weighted by molar-refractivity contribution is 0.713. The predicted octanol–water partition coefficient (Wildman–Crippen LogP) is 1.03. The number of nitrogens with two attached hydrogens (primary N) is 2. The Morgan fingerprint density at radius 3 is 2.92 bits per heavy atom. The molecule has 0 amide bonds. The summed E-state index contributed by atoms with van der Waals surface area (Å²) in [5.41, 5.74) is 13.8. The van der Waals surface area contributed by atoms with Crippen LogP contribution < -0.4 is 11.5 Å². The second-order valence-corrected chi connectivity index (χ2v) is 2.91. The first-order chi connectivity index (χ1) is 5.29. The molecule has 3 nitrogen and oxygen atoms in total. The molecule has 1 aromatic rings. The Hall–Kier alpha value is -0.800. The summed E-state index contributed by atoms with van der Waals surface area (Å²) in [5, 5.41) is 0. The van der Waals surface area contributed by atoms with Crippen molar-refractivity contribution in [1.29, 1.82) is 0 Å². The maximum absolute atomic E-state index is 5.83. The first-order valence-electron chi connectivity index (χ1n) is 3.78. The molecule has 4 heteroatoms. The molecule has 1 heterocycles. The van der Waals surface area contributed by atoms with Crippen molar-refractivity contribution in [2.75, 3.05) is 5.73 Å². The molecular weight excluding hydrogens is 174 g/mol. The van der Waals surface area contributed by atoms with Crippen LogP contribution in [-0.4, -0.2) is 4.98 Å². The number of rotatable bonds is 0. The number of anilines is 1. The number of nitrogen functional groups attached to an aromatic ring is 1. The number of halogens is 1. The summed E-state index contributed by atoms with van der Waals surface area (Å²) < 4.78 is 0. The lowest BCUT2D eigenvalue weighted by Crippen LogP contribution is -2.05. The SMILES string of the molecule is Cl.Nc1nccc2c1CCC2N. The van der Waals surface area contributed by atoms with Gasteiger partial charge in [0.15, 0.2) is 0 Å². The summed E-state index contributed by atoms with van der Waals surface area (Å²) >= 11 is 0. The van der Waals surface area contributed by atoms with E-state index in [2.05, 4.69) is 4.98 Å². The van der Waals surface area contributed by atoms with E-state index in [0.29, 0.717) is 5.82 Å². The van der Waals surface area contributed by atoms with Gasteiger partial charge in [0.1, 0.15) is 5.82 Å². The van der Waals surface area contributed by atoms with E-state index in [0.717, 1.165) is 18.4 Å². The number of nitrogens with zero attached hydrogens (tertiary/aromatic N) is 1. The second kappa shape index (κ2) is 3.29. The Bertz CT molecular complexity index is 288. The number of pyridine rings is 1. The Morgan fingerprint density at radius 2 is 2.25 bits per heavy atom. The molecule has 0 saturated heterocycles. The van der Waals surface area contributed by atoms with E-state index >= 15 is 0 Å². The quantitative estimate of drug-likeness (QED) is 0.635. The minimum atomic E-state index is 0. The van der Waals surface area contributed by atoms with E-state index in [9.17, 15) is 0 Å². The minimum absolute atomic E-state index is 0. The van der Waals surface area contributed by atoms with Crippen LogP contribution in [0.15, 0.2) is 12.3 Å². The van der Waals surface area contributed by atoms with Crippen LogP contribution in [0.1, 0.15) is 23.6 Å². The summed E-state index contributed by atoms with van der Waals surface area (Å²) in [6.07, 6.45) is 3.71. The average molecular weight is 186 g/mol. The molecule has 0 aliphatic heterocycles. The molecule has 12 heavy (non-hydrogen) atoms. The first-order valence-corrected chi connectivity index (χ1v) is 3.78. The standard InChI is InChI=1S/C8H11N3.ClH/c9-7-2-1-6-5(7)3-4-11-8(6)10;/h3-4,7H,1-2,9H2,(H2,10,11);1H. The molecule has 0 saturated carbocycles. The van der Waals surface area contributed by atoms with Crippen LogP contribution >= 0.6 is 12.4 Å². The molecule has 1 unspecified atom stereocenters. The van der Waals surface area contributed by atoms with Crippen molar-refractivity contribution in [3.8, 4) is 0 Å². The van der Waals surface area contributed by atoms with Gasteiger partial charge in [-0.2, -0.15) is 0 Å². The molecule has 1 aromatic heterocycles. The van der Waals surface area contributed by atoms with Crippen molar-refractivity contribution < 1.29 is 0 Å². The van der Waals surface area contributed by atoms with Gasteiger partial charge in [-0.15, -0.1) is 12.4 Å². The number of fused-ring (bicyclic) bond motifs is 1. The maximum Gasteiger partial charge on any atom is 0.126 e. The van der Waals surface area contributed by atoms with Gasteiger partial charge in [0.2, 0.25) is 0 Å². The van der Waals surface area contributed by atoms with E-state index < -0.39 is 0 Å². The maximum atomic E-state index is 5.83. The van der Waals surface area contributed by atoms with Crippen molar-refractivity contribution in [3.63, 3.8) is 0 Å². The van der Waals surface area contributed by atoms with Crippen LogP contribution in [0, 0.1) is 0 Å². The highest BCUT2D eigenvalue weighted by molar-refractivity contribution is 5.85. The zero-order valence-corrected chi connectivity index (χ0v) is 7.47. The summed E-state index contributed by atoms with van der Waals surface area (Å²) in [7, 11) is 0.